The molecule has 3 aromatic rings. The van der Waals surface area contributed by atoms with Gasteiger partial charge in [0.05, 0.1) is 19.3 Å². The molecule has 0 amide bonds. The number of imidazole rings is 1. The molecule has 162 valence electrons. The first kappa shape index (κ1) is 20.8. The van der Waals surface area contributed by atoms with E-state index >= 15 is 0 Å². The van der Waals surface area contributed by atoms with Gasteiger partial charge in [-0.15, -0.1) is 11.8 Å². The number of carbonyl (C=O) groups is 1. The lowest BCUT2D eigenvalue weighted by atomic mass is 9.92. The van der Waals surface area contributed by atoms with Gasteiger partial charge in [0.1, 0.15) is 11.5 Å². The number of thioether (sulfide) groups is 1. The number of allylic oxidation sites excluding steroid dienone is 1. The van der Waals surface area contributed by atoms with Crippen molar-refractivity contribution >= 4 is 23.6 Å². The largest absolute Gasteiger partial charge is 0.504 e. The molecule has 1 atom stereocenters. The summed E-state index contributed by atoms with van der Waals surface area (Å²) in [6.45, 7) is 4.30. The van der Waals surface area contributed by atoms with Crippen molar-refractivity contribution in [2.75, 3.05) is 13.2 Å². The maximum absolute atomic E-state index is 11.8. The number of nitrogens with zero attached hydrogens (tertiary/aromatic N) is 2. The van der Waals surface area contributed by atoms with Crippen LogP contribution < -0.4 is 5.32 Å². The standard InChI is InChI=1S/C25H23N3O3S/c1-2-20(29)21(30)13-23-26-11-12-28(23)25(15-31-16-25)27-24-18-8-4-3-7-17(18)14-32-22-10-6-5-9-19(22)24/h2-13,24,27,30H,1,14-16H2/b21-13-. The SMILES string of the molecule is C=CC(=O)/C(O)=C/c1nccn1C1(NC2c3ccccc3CSc3ccccc32)COC1. The number of benzene rings is 2. The van der Waals surface area contributed by atoms with Crippen molar-refractivity contribution in [3.05, 3.63) is 102 Å². The highest BCUT2D eigenvalue weighted by Crippen LogP contribution is 2.41. The van der Waals surface area contributed by atoms with Crippen molar-refractivity contribution in [2.45, 2.75) is 22.4 Å². The summed E-state index contributed by atoms with van der Waals surface area (Å²) < 4.78 is 7.59. The number of fused-ring (bicyclic) bond motifs is 2. The minimum absolute atomic E-state index is 0.0519. The number of rotatable bonds is 6. The summed E-state index contributed by atoms with van der Waals surface area (Å²) in [6.07, 6.45) is 5.95. The quantitative estimate of drug-likeness (QED) is 0.437. The van der Waals surface area contributed by atoms with E-state index in [0.717, 1.165) is 11.8 Å². The number of ether oxygens (including phenoxy) is 1. The fourth-order valence-corrected chi connectivity index (χ4v) is 5.32. The number of ketones is 1. The fraction of sp³-hybridized carbons (Fsp3) is 0.200. The van der Waals surface area contributed by atoms with Gasteiger partial charge in [-0.25, -0.2) is 4.98 Å². The number of carbonyl (C=O) groups excluding carboxylic acids is 1. The number of aliphatic hydroxyl groups excluding tert-OH is 1. The second-order valence-corrected chi connectivity index (χ2v) is 8.90. The molecule has 32 heavy (non-hydrogen) atoms. The van der Waals surface area contributed by atoms with Crippen LogP contribution in [0.25, 0.3) is 6.08 Å². The molecule has 0 saturated carbocycles. The number of nitrogens with one attached hydrogen (secondary N) is 1. The zero-order valence-electron chi connectivity index (χ0n) is 17.4. The third-order valence-electron chi connectivity index (χ3n) is 5.91. The van der Waals surface area contributed by atoms with E-state index in [2.05, 4.69) is 65.4 Å². The van der Waals surface area contributed by atoms with Gasteiger partial charge < -0.3 is 14.4 Å². The monoisotopic (exact) mass is 445 g/mol. The normalized spacial score (nSPS) is 19.2. The summed E-state index contributed by atoms with van der Waals surface area (Å²) in [4.78, 5) is 17.4. The third kappa shape index (κ3) is 3.58. The van der Waals surface area contributed by atoms with Gasteiger partial charge in [-0.05, 0) is 28.8 Å². The molecule has 5 rings (SSSR count). The molecule has 6 nitrogen and oxygen atoms in total. The van der Waals surface area contributed by atoms with Crippen molar-refractivity contribution in [1.29, 1.82) is 0 Å². The summed E-state index contributed by atoms with van der Waals surface area (Å²) in [5.74, 6) is 0.434. The van der Waals surface area contributed by atoms with Gasteiger partial charge in [0.15, 0.2) is 5.76 Å². The highest BCUT2D eigenvalue weighted by molar-refractivity contribution is 7.98. The Labute approximate surface area is 190 Å². The molecule has 0 spiro atoms. The van der Waals surface area contributed by atoms with Crippen molar-refractivity contribution in [1.82, 2.24) is 14.9 Å². The molecule has 2 aromatic carbocycles. The van der Waals surface area contributed by atoms with Crippen molar-refractivity contribution in [2.24, 2.45) is 0 Å². The van der Waals surface area contributed by atoms with Gasteiger partial charge in [0.2, 0.25) is 5.78 Å². The van der Waals surface area contributed by atoms with Gasteiger partial charge in [0.25, 0.3) is 0 Å². The van der Waals surface area contributed by atoms with Crippen molar-refractivity contribution in [3.63, 3.8) is 0 Å². The highest BCUT2D eigenvalue weighted by Gasteiger charge is 2.44. The van der Waals surface area contributed by atoms with E-state index in [4.69, 9.17) is 4.74 Å². The van der Waals surface area contributed by atoms with Gasteiger partial charge >= 0.3 is 0 Å². The average Bonchev–Trinajstić information content (AvgIpc) is 3.19. The molecule has 7 heteroatoms. The second-order valence-electron chi connectivity index (χ2n) is 7.88. The minimum Gasteiger partial charge on any atom is -0.504 e. The molecule has 3 heterocycles. The molecule has 0 bridgehead atoms. The van der Waals surface area contributed by atoms with Crippen molar-refractivity contribution < 1.29 is 14.6 Å². The predicted octanol–water partition coefficient (Wildman–Crippen LogP) is 4.21. The molecule has 0 aliphatic carbocycles. The summed E-state index contributed by atoms with van der Waals surface area (Å²) in [5.41, 5.74) is 3.18. The van der Waals surface area contributed by atoms with E-state index in [0.29, 0.717) is 19.0 Å². The zero-order chi connectivity index (χ0) is 22.1. The number of hydrogen-bond donors (Lipinski definition) is 2. The molecule has 2 N–H and O–H groups in total. The van der Waals surface area contributed by atoms with Crippen LogP contribution >= 0.6 is 11.8 Å². The Morgan fingerprint density at radius 1 is 1.22 bits per heavy atom. The first-order valence-electron chi connectivity index (χ1n) is 10.4. The minimum atomic E-state index is -0.570. The van der Waals surface area contributed by atoms with Crippen LogP contribution in [0.2, 0.25) is 0 Å². The van der Waals surface area contributed by atoms with Gasteiger partial charge in [-0.3, -0.25) is 10.1 Å². The lowest BCUT2D eigenvalue weighted by molar-refractivity contribution is -0.125. The molecular formula is C25H23N3O3S. The van der Waals surface area contributed by atoms with E-state index < -0.39 is 17.2 Å². The van der Waals surface area contributed by atoms with Gasteiger partial charge in [-0.2, -0.15) is 0 Å². The maximum Gasteiger partial charge on any atom is 0.219 e. The van der Waals surface area contributed by atoms with Crippen LogP contribution in [0.4, 0.5) is 0 Å². The fourth-order valence-electron chi connectivity index (χ4n) is 4.21. The van der Waals surface area contributed by atoms with Crippen LogP contribution in [-0.4, -0.2) is 33.7 Å². The lowest BCUT2D eigenvalue weighted by Gasteiger charge is -2.46. The summed E-state index contributed by atoms with van der Waals surface area (Å²) in [7, 11) is 0. The van der Waals surface area contributed by atoms with Gasteiger partial charge in [-0.1, -0.05) is 49.0 Å². The van der Waals surface area contributed by atoms with Crippen LogP contribution in [-0.2, 0) is 20.9 Å². The summed E-state index contributed by atoms with van der Waals surface area (Å²) >= 11 is 1.84. The Morgan fingerprint density at radius 2 is 1.97 bits per heavy atom. The van der Waals surface area contributed by atoms with Crippen LogP contribution in [0.1, 0.15) is 28.6 Å². The Hall–Kier alpha value is -3.13. The average molecular weight is 446 g/mol. The Kier molecular flexibility index (Phi) is 5.46. The molecule has 2 aliphatic heterocycles. The summed E-state index contributed by atoms with van der Waals surface area (Å²) in [5, 5.41) is 14.0. The first-order chi connectivity index (χ1) is 15.6. The van der Waals surface area contributed by atoms with Crippen LogP contribution in [0.15, 0.2) is 84.2 Å². The Balaban J connectivity index is 1.58. The van der Waals surface area contributed by atoms with E-state index in [-0.39, 0.29) is 6.04 Å². The maximum atomic E-state index is 11.8. The Bertz CT molecular complexity index is 1160. The predicted molar refractivity (Wildman–Crippen MR) is 124 cm³/mol. The lowest BCUT2D eigenvalue weighted by Crippen LogP contribution is -2.62. The molecule has 1 saturated heterocycles. The number of aromatic nitrogens is 2. The zero-order valence-corrected chi connectivity index (χ0v) is 18.2. The molecule has 0 radical (unpaired) electrons. The van der Waals surface area contributed by atoms with Crippen LogP contribution in [0.5, 0.6) is 0 Å². The number of hydrogen-bond acceptors (Lipinski definition) is 6. The van der Waals surface area contributed by atoms with Gasteiger partial charge in [0, 0.05) is 29.1 Å². The highest BCUT2D eigenvalue weighted by atomic mass is 32.2. The second kappa shape index (κ2) is 8.43. The van der Waals surface area contributed by atoms with E-state index in [1.807, 2.05) is 22.5 Å². The first-order valence-corrected chi connectivity index (χ1v) is 11.4. The molecule has 1 aromatic heterocycles. The summed E-state index contributed by atoms with van der Waals surface area (Å²) in [6, 6.07) is 16.9. The van der Waals surface area contributed by atoms with Crippen LogP contribution in [0, 0.1) is 0 Å². The topological polar surface area (TPSA) is 76.4 Å². The van der Waals surface area contributed by atoms with E-state index in [9.17, 15) is 9.90 Å². The molecular weight excluding hydrogens is 422 g/mol. The molecule has 1 fully saturated rings. The van der Waals surface area contributed by atoms with E-state index in [1.165, 1.54) is 27.7 Å². The number of aliphatic hydroxyl groups is 1. The Morgan fingerprint density at radius 3 is 2.72 bits per heavy atom. The third-order valence-corrected chi connectivity index (χ3v) is 7.05. The smallest absolute Gasteiger partial charge is 0.219 e. The molecule has 1 unspecified atom stereocenters. The van der Waals surface area contributed by atoms with Crippen molar-refractivity contribution in [3.8, 4) is 0 Å². The van der Waals surface area contributed by atoms with E-state index in [1.54, 1.807) is 6.20 Å². The van der Waals surface area contributed by atoms with Crippen LogP contribution in [0.3, 0.4) is 0 Å². The molecule has 2 aliphatic rings.